The van der Waals surface area contributed by atoms with Gasteiger partial charge in [-0.25, -0.2) is 4.39 Å². The lowest BCUT2D eigenvalue weighted by Gasteiger charge is -2.15. The van der Waals surface area contributed by atoms with Crippen molar-refractivity contribution < 1.29 is 4.39 Å². The Labute approximate surface area is 98.1 Å². The van der Waals surface area contributed by atoms with Crippen LogP contribution in [0.1, 0.15) is 38.7 Å². The minimum atomic E-state index is -0.158. The van der Waals surface area contributed by atoms with Gasteiger partial charge in [0.05, 0.1) is 0 Å². The third-order valence-corrected chi connectivity index (χ3v) is 2.89. The van der Waals surface area contributed by atoms with Gasteiger partial charge in [0.25, 0.3) is 0 Å². The van der Waals surface area contributed by atoms with Gasteiger partial charge in [-0.1, -0.05) is 32.4 Å². The lowest BCUT2D eigenvalue weighted by molar-refractivity contribution is 0.466. The summed E-state index contributed by atoms with van der Waals surface area (Å²) in [6.07, 6.45) is 4.61. The lowest BCUT2D eigenvalue weighted by Crippen LogP contribution is -2.30. The van der Waals surface area contributed by atoms with Gasteiger partial charge in [-0.15, -0.1) is 0 Å². The number of hydrogen-bond donors (Lipinski definition) is 1. The molecule has 0 radical (unpaired) electrons. The molecular weight excluding hydrogens is 201 g/mol. The highest BCUT2D eigenvalue weighted by Gasteiger charge is 2.03. The van der Waals surface area contributed by atoms with E-state index in [1.165, 1.54) is 37.0 Å². The summed E-state index contributed by atoms with van der Waals surface area (Å²) in [5.74, 6) is -0.158. The van der Waals surface area contributed by atoms with Crippen molar-refractivity contribution in [3.63, 3.8) is 0 Å². The first-order valence-corrected chi connectivity index (χ1v) is 6.24. The van der Waals surface area contributed by atoms with Crippen LogP contribution in [-0.2, 0) is 6.42 Å². The zero-order chi connectivity index (χ0) is 11.8. The van der Waals surface area contributed by atoms with Gasteiger partial charge in [-0.05, 0) is 43.5 Å². The summed E-state index contributed by atoms with van der Waals surface area (Å²) in [6.45, 7) is 5.40. The first-order valence-electron chi connectivity index (χ1n) is 6.24. The monoisotopic (exact) mass is 223 g/mol. The molecule has 0 heterocycles. The number of benzene rings is 1. The highest BCUT2D eigenvalue weighted by molar-refractivity contribution is 5.16. The van der Waals surface area contributed by atoms with E-state index < -0.39 is 0 Å². The Kier molecular flexibility index (Phi) is 6.09. The standard InChI is InChI=1S/C14H22FN/c1-3-5-14(4-2)16-11-10-12-6-8-13(15)9-7-12/h6-9,14,16H,3-5,10-11H2,1-2H3. The molecule has 0 aromatic heterocycles. The molecule has 0 saturated heterocycles. The van der Waals surface area contributed by atoms with Crippen molar-refractivity contribution in [2.24, 2.45) is 0 Å². The van der Waals surface area contributed by atoms with Crippen molar-refractivity contribution in [1.29, 1.82) is 0 Å². The van der Waals surface area contributed by atoms with Crippen LogP contribution >= 0.6 is 0 Å². The number of hydrogen-bond acceptors (Lipinski definition) is 1. The number of nitrogens with one attached hydrogen (secondary N) is 1. The highest BCUT2D eigenvalue weighted by atomic mass is 19.1. The summed E-state index contributed by atoms with van der Waals surface area (Å²) >= 11 is 0. The van der Waals surface area contributed by atoms with E-state index in [4.69, 9.17) is 0 Å². The molecule has 1 nitrogen and oxygen atoms in total. The van der Waals surface area contributed by atoms with Gasteiger partial charge in [-0.2, -0.15) is 0 Å². The molecule has 1 atom stereocenters. The first kappa shape index (κ1) is 13.2. The van der Waals surface area contributed by atoms with E-state index in [2.05, 4.69) is 19.2 Å². The van der Waals surface area contributed by atoms with Crippen LogP contribution in [0, 0.1) is 5.82 Å². The third-order valence-electron chi connectivity index (χ3n) is 2.89. The van der Waals surface area contributed by atoms with E-state index in [-0.39, 0.29) is 5.82 Å². The molecular formula is C14H22FN. The molecule has 0 amide bonds. The Morgan fingerprint density at radius 3 is 2.44 bits per heavy atom. The predicted molar refractivity (Wildman–Crippen MR) is 67.1 cm³/mol. The van der Waals surface area contributed by atoms with Gasteiger partial charge < -0.3 is 5.32 Å². The van der Waals surface area contributed by atoms with Crippen LogP contribution in [0.5, 0.6) is 0 Å². The first-order chi connectivity index (χ1) is 7.76. The average molecular weight is 223 g/mol. The number of halogens is 1. The van der Waals surface area contributed by atoms with Crippen molar-refractivity contribution in [3.8, 4) is 0 Å². The van der Waals surface area contributed by atoms with Gasteiger partial charge in [0.2, 0.25) is 0 Å². The minimum absolute atomic E-state index is 0.158. The fraction of sp³-hybridized carbons (Fsp3) is 0.571. The molecule has 0 bridgehead atoms. The van der Waals surface area contributed by atoms with E-state index in [1.54, 1.807) is 0 Å². The third kappa shape index (κ3) is 4.75. The Hall–Kier alpha value is -0.890. The van der Waals surface area contributed by atoms with Crippen LogP contribution in [0.15, 0.2) is 24.3 Å². The zero-order valence-corrected chi connectivity index (χ0v) is 10.3. The summed E-state index contributed by atoms with van der Waals surface area (Å²) in [7, 11) is 0. The smallest absolute Gasteiger partial charge is 0.123 e. The van der Waals surface area contributed by atoms with Crippen LogP contribution in [-0.4, -0.2) is 12.6 Å². The zero-order valence-electron chi connectivity index (χ0n) is 10.3. The maximum atomic E-state index is 12.7. The quantitative estimate of drug-likeness (QED) is 0.745. The SMILES string of the molecule is CCCC(CC)NCCc1ccc(F)cc1. The van der Waals surface area contributed by atoms with Crippen LogP contribution in [0.2, 0.25) is 0 Å². The molecule has 1 unspecified atom stereocenters. The Morgan fingerprint density at radius 1 is 1.19 bits per heavy atom. The summed E-state index contributed by atoms with van der Waals surface area (Å²) < 4.78 is 12.7. The summed E-state index contributed by atoms with van der Waals surface area (Å²) in [5, 5.41) is 3.54. The normalized spacial score (nSPS) is 12.7. The molecule has 0 aliphatic heterocycles. The molecule has 0 aliphatic rings. The molecule has 0 saturated carbocycles. The second kappa shape index (κ2) is 7.39. The largest absolute Gasteiger partial charge is 0.314 e. The fourth-order valence-electron chi connectivity index (χ4n) is 1.87. The lowest BCUT2D eigenvalue weighted by atomic mass is 10.1. The Balaban J connectivity index is 2.26. The van der Waals surface area contributed by atoms with Crippen molar-refractivity contribution in [2.45, 2.75) is 45.6 Å². The molecule has 0 spiro atoms. The van der Waals surface area contributed by atoms with Crippen molar-refractivity contribution >= 4 is 0 Å². The summed E-state index contributed by atoms with van der Waals surface area (Å²) in [6, 6.07) is 7.40. The van der Waals surface area contributed by atoms with Crippen molar-refractivity contribution in [1.82, 2.24) is 5.32 Å². The van der Waals surface area contributed by atoms with Crippen molar-refractivity contribution in [2.75, 3.05) is 6.54 Å². The maximum Gasteiger partial charge on any atom is 0.123 e. The van der Waals surface area contributed by atoms with E-state index in [0.29, 0.717) is 6.04 Å². The van der Waals surface area contributed by atoms with E-state index in [1.807, 2.05) is 12.1 Å². The molecule has 0 aliphatic carbocycles. The van der Waals surface area contributed by atoms with Crippen LogP contribution < -0.4 is 5.32 Å². The molecule has 1 rings (SSSR count). The van der Waals surface area contributed by atoms with Crippen molar-refractivity contribution in [3.05, 3.63) is 35.6 Å². The minimum Gasteiger partial charge on any atom is -0.314 e. The Morgan fingerprint density at radius 2 is 1.88 bits per heavy atom. The molecule has 2 heteroatoms. The molecule has 1 aromatic carbocycles. The predicted octanol–water partition coefficient (Wildman–Crippen LogP) is 3.54. The molecule has 16 heavy (non-hydrogen) atoms. The van der Waals surface area contributed by atoms with Gasteiger partial charge in [0.1, 0.15) is 5.82 Å². The average Bonchev–Trinajstić information content (AvgIpc) is 2.30. The number of rotatable bonds is 7. The van der Waals surface area contributed by atoms with E-state index in [0.717, 1.165) is 13.0 Å². The molecule has 1 N–H and O–H groups in total. The molecule has 90 valence electrons. The van der Waals surface area contributed by atoms with E-state index in [9.17, 15) is 4.39 Å². The van der Waals surface area contributed by atoms with Crippen LogP contribution in [0.25, 0.3) is 0 Å². The fourth-order valence-corrected chi connectivity index (χ4v) is 1.87. The van der Waals surface area contributed by atoms with E-state index >= 15 is 0 Å². The molecule has 1 aromatic rings. The summed E-state index contributed by atoms with van der Waals surface area (Å²) in [5.41, 5.74) is 1.19. The van der Waals surface area contributed by atoms with Gasteiger partial charge in [0.15, 0.2) is 0 Å². The highest BCUT2D eigenvalue weighted by Crippen LogP contribution is 2.04. The van der Waals surface area contributed by atoms with Crippen LogP contribution in [0.4, 0.5) is 4.39 Å². The Bertz CT molecular complexity index is 281. The maximum absolute atomic E-state index is 12.7. The topological polar surface area (TPSA) is 12.0 Å². The van der Waals surface area contributed by atoms with Crippen LogP contribution in [0.3, 0.4) is 0 Å². The summed E-state index contributed by atoms with van der Waals surface area (Å²) in [4.78, 5) is 0. The van der Waals surface area contributed by atoms with Gasteiger partial charge in [-0.3, -0.25) is 0 Å². The second-order valence-corrected chi connectivity index (χ2v) is 4.22. The van der Waals surface area contributed by atoms with Gasteiger partial charge in [0, 0.05) is 6.04 Å². The molecule has 0 fully saturated rings. The van der Waals surface area contributed by atoms with Gasteiger partial charge >= 0.3 is 0 Å². The second-order valence-electron chi connectivity index (χ2n) is 4.22.